The van der Waals surface area contributed by atoms with Crippen molar-refractivity contribution in [3.8, 4) is 18.2 Å². The largest absolute Gasteiger partial charge is 0.478 e. The van der Waals surface area contributed by atoms with Crippen molar-refractivity contribution in [1.82, 2.24) is 9.97 Å². The maximum absolute atomic E-state index is 5.40. The van der Waals surface area contributed by atoms with Gasteiger partial charge in [-0.15, -0.1) is 12.3 Å². The summed E-state index contributed by atoms with van der Waals surface area (Å²) in [6.07, 6.45) is 9.61. The van der Waals surface area contributed by atoms with Crippen LogP contribution in [-0.2, 0) is 0 Å². The van der Waals surface area contributed by atoms with Crippen LogP contribution in [0, 0.1) is 19.3 Å². The highest BCUT2D eigenvalue weighted by atomic mass is 16.5. The Kier molecular flexibility index (Phi) is 5.87. The molecule has 0 atom stereocenters. The summed E-state index contributed by atoms with van der Waals surface area (Å²) in [5, 5.41) is 3.27. The second kappa shape index (κ2) is 7.50. The van der Waals surface area contributed by atoms with E-state index in [4.69, 9.17) is 11.2 Å². The fraction of sp³-hybridized carbons (Fsp3) is 0.538. The van der Waals surface area contributed by atoms with Crippen LogP contribution in [0.3, 0.4) is 0 Å². The molecule has 0 spiro atoms. The summed E-state index contributed by atoms with van der Waals surface area (Å²) < 4.78 is 5.40. The van der Waals surface area contributed by atoms with Crippen LogP contribution >= 0.6 is 0 Å². The number of nitrogens with zero attached hydrogens (tertiary/aromatic N) is 2. The lowest BCUT2D eigenvalue weighted by Crippen LogP contribution is -2.07. The molecule has 0 aliphatic heterocycles. The molecule has 4 heteroatoms. The van der Waals surface area contributed by atoms with E-state index in [-0.39, 0.29) is 0 Å². The summed E-state index contributed by atoms with van der Waals surface area (Å²) in [7, 11) is 0. The molecule has 1 heterocycles. The summed E-state index contributed by atoms with van der Waals surface area (Å²) in [5.41, 5.74) is 0.950. The molecule has 0 radical (unpaired) electrons. The molecule has 0 saturated carbocycles. The Labute approximate surface area is 103 Å². The zero-order valence-corrected chi connectivity index (χ0v) is 10.5. The SMILES string of the molecule is C#CCCCCNc1ncnc(OCC)c1C. The van der Waals surface area contributed by atoms with Crippen LogP contribution in [0.25, 0.3) is 0 Å². The number of rotatable bonds is 7. The van der Waals surface area contributed by atoms with Gasteiger partial charge in [0.05, 0.1) is 12.2 Å². The third-order valence-corrected chi connectivity index (χ3v) is 2.36. The molecule has 0 amide bonds. The van der Waals surface area contributed by atoms with Crippen molar-refractivity contribution in [2.24, 2.45) is 0 Å². The van der Waals surface area contributed by atoms with Crippen molar-refractivity contribution < 1.29 is 4.74 Å². The van der Waals surface area contributed by atoms with E-state index in [0.717, 1.165) is 37.2 Å². The summed E-state index contributed by atoms with van der Waals surface area (Å²) >= 11 is 0. The van der Waals surface area contributed by atoms with Crippen molar-refractivity contribution in [3.05, 3.63) is 11.9 Å². The molecule has 0 aromatic carbocycles. The first-order valence-corrected chi connectivity index (χ1v) is 5.91. The minimum Gasteiger partial charge on any atom is -0.478 e. The van der Waals surface area contributed by atoms with Crippen LogP contribution in [0.15, 0.2) is 6.33 Å². The van der Waals surface area contributed by atoms with Crippen molar-refractivity contribution in [2.45, 2.75) is 33.1 Å². The van der Waals surface area contributed by atoms with Gasteiger partial charge in [0.15, 0.2) is 0 Å². The summed E-state index contributed by atoms with van der Waals surface area (Å²) in [6.45, 7) is 5.37. The summed E-state index contributed by atoms with van der Waals surface area (Å²) in [6, 6.07) is 0. The van der Waals surface area contributed by atoms with Crippen LogP contribution in [0.2, 0.25) is 0 Å². The normalized spacial score (nSPS) is 9.71. The van der Waals surface area contributed by atoms with Gasteiger partial charge in [0, 0.05) is 13.0 Å². The average molecular weight is 233 g/mol. The Morgan fingerprint density at radius 2 is 2.24 bits per heavy atom. The van der Waals surface area contributed by atoms with E-state index in [0.29, 0.717) is 12.5 Å². The molecule has 4 nitrogen and oxygen atoms in total. The quantitative estimate of drug-likeness (QED) is 0.580. The predicted octanol–water partition coefficient (Wildman–Crippen LogP) is 2.40. The van der Waals surface area contributed by atoms with E-state index in [9.17, 15) is 0 Å². The van der Waals surface area contributed by atoms with E-state index in [1.807, 2.05) is 13.8 Å². The van der Waals surface area contributed by atoms with Gasteiger partial charge in [-0.2, -0.15) is 0 Å². The molecule has 1 aromatic rings. The zero-order valence-electron chi connectivity index (χ0n) is 10.5. The van der Waals surface area contributed by atoms with Gasteiger partial charge in [-0.25, -0.2) is 9.97 Å². The molecular formula is C13H19N3O. The minimum atomic E-state index is 0.611. The van der Waals surface area contributed by atoms with Gasteiger partial charge in [-0.05, 0) is 26.7 Å². The summed E-state index contributed by atoms with van der Waals surface area (Å²) in [5.74, 6) is 4.11. The molecule has 0 aliphatic carbocycles. The fourth-order valence-electron chi connectivity index (χ4n) is 1.45. The Balaban J connectivity index is 2.48. The van der Waals surface area contributed by atoms with Crippen LogP contribution in [0.1, 0.15) is 31.7 Å². The maximum Gasteiger partial charge on any atom is 0.221 e. The van der Waals surface area contributed by atoms with Gasteiger partial charge in [-0.3, -0.25) is 0 Å². The van der Waals surface area contributed by atoms with Gasteiger partial charge in [0.2, 0.25) is 5.88 Å². The van der Waals surface area contributed by atoms with Crippen molar-refractivity contribution in [3.63, 3.8) is 0 Å². The molecule has 0 aliphatic rings. The molecule has 0 saturated heterocycles. The lowest BCUT2D eigenvalue weighted by molar-refractivity contribution is 0.324. The molecule has 1 N–H and O–H groups in total. The second-order valence-corrected chi connectivity index (χ2v) is 3.67. The molecular weight excluding hydrogens is 214 g/mol. The summed E-state index contributed by atoms with van der Waals surface area (Å²) in [4.78, 5) is 8.28. The Morgan fingerprint density at radius 3 is 2.94 bits per heavy atom. The zero-order chi connectivity index (χ0) is 12.5. The Morgan fingerprint density at radius 1 is 1.41 bits per heavy atom. The van der Waals surface area contributed by atoms with E-state index >= 15 is 0 Å². The number of unbranched alkanes of at least 4 members (excludes halogenated alkanes) is 2. The standard InChI is InChI=1S/C13H19N3O/c1-4-6-7-8-9-14-12-11(3)13(17-5-2)16-10-15-12/h1,10H,5-9H2,2-3H3,(H,14,15,16). The van der Waals surface area contributed by atoms with Crippen molar-refractivity contribution in [1.29, 1.82) is 0 Å². The number of aromatic nitrogens is 2. The fourth-order valence-corrected chi connectivity index (χ4v) is 1.45. The Hall–Kier alpha value is -1.76. The topological polar surface area (TPSA) is 47.0 Å². The van der Waals surface area contributed by atoms with E-state index in [2.05, 4.69) is 21.2 Å². The van der Waals surface area contributed by atoms with E-state index in [1.54, 1.807) is 0 Å². The number of hydrogen-bond donors (Lipinski definition) is 1. The molecule has 92 valence electrons. The Bertz CT molecular complexity index is 385. The van der Waals surface area contributed by atoms with Crippen LogP contribution in [-0.4, -0.2) is 23.1 Å². The van der Waals surface area contributed by atoms with Gasteiger partial charge < -0.3 is 10.1 Å². The molecule has 0 unspecified atom stereocenters. The second-order valence-electron chi connectivity index (χ2n) is 3.67. The first kappa shape index (κ1) is 13.3. The minimum absolute atomic E-state index is 0.611. The molecule has 0 fully saturated rings. The number of ether oxygens (including phenoxy) is 1. The maximum atomic E-state index is 5.40. The number of hydrogen-bond acceptors (Lipinski definition) is 4. The highest BCUT2D eigenvalue weighted by molar-refractivity contribution is 5.47. The van der Waals surface area contributed by atoms with Crippen molar-refractivity contribution >= 4 is 5.82 Å². The first-order valence-electron chi connectivity index (χ1n) is 5.91. The van der Waals surface area contributed by atoms with Crippen LogP contribution in [0.4, 0.5) is 5.82 Å². The third-order valence-electron chi connectivity index (χ3n) is 2.36. The highest BCUT2D eigenvalue weighted by Crippen LogP contribution is 2.20. The number of terminal acetylenes is 1. The number of anilines is 1. The van der Waals surface area contributed by atoms with E-state index in [1.165, 1.54) is 6.33 Å². The van der Waals surface area contributed by atoms with E-state index < -0.39 is 0 Å². The lowest BCUT2D eigenvalue weighted by atomic mass is 10.2. The van der Waals surface area contributed by atoms with Gasteiger partial charge in [-0.1, -0.05) is 0 Å². The van der Waals surface area contributed by atoms with Gasteiger partial charge >= 0.3 is 0 Å². The highest BCUT2D eigenvalue weighted by Gasteiger charge is 2.06. The third kappa shape index (κ3) is 4.31. The smallest absolute Gasteiger partial charge is 0.221 e. The van der Waals surface area contributed by atoms with Crippen molar-refractivity contribution in [2.75, 3.05) is 18.5 Å². The monoisotopic (exact) mass is 233 g/mol. The molecule has 17 heavy (non-hydrogen) atoms. The average Bonchev–Trinajstić information content (AvgIpc) is 2.33. The van der Waals surface area contributed by atoms with Gasteiger partial charge in [0.25, 0.3) is 0 Å². The number of nitrogens with one attached hydrogen (secondary N) is 1. The first-order chi connectivity index (χ1) is 8.29. The predicted molar refractivity (Wildman–Crippen MR) is 69.1 cm³/mol. The molecule has 1 rings (SSSR count). The lowest BCUT2D eigenvalue weighted by Gasteiger charge is -2.10. The van der Waals surface area contributed by atoms with Crippen LogP contribution in [0.5, 0.6) is 5.88 Å². The van der Waals surface area contributed by atoms with Crippen LogP contribution < -0.4 is 10.1 Å². The van der Waals surface area contributed by atoms with Gasteiger partial charge in [0.1, 0.15) is 12.1 Å². The molecule has 0 bridgehead atoms. The molecule has 1 aromatic heterocycles.